The van der Waals surface area contributed by atoms with Crippen LogP contribution < -0.4 is 0 Å². The Morgan fingerprint density at radius 3 is 2.78 bits per heavy atom. The Morgan fingerprint density at radius 2 is 2.33 bits per heavy atom. The lowest BCUT2D eigenvalue weighted by Crippen LogP contribution is -1.76. The number of aromatic nitrogens is 2. The Labute approximate surface area is 57.9 Å². The molecule has 0 spiro atoms. The predicted molar refractivity (Wildman–Crippen MR) is 36.3 cm³/mol. The zero-order valence-electron chi connectivity index (χ0n) is 5.42. The summed E-state index contributed by atoms with van der Waals surface area (Å²) in [7, 11) is 0. The molecule has 0 N–H and O–H groups in total. The van der Waals surface area contributed by atoms with Crippen molar-refractivity contribution in [3.05, 3.63) is 11.8 Å². The van der Waals surface area contributed by atoms with E-state index in [-0.39, 0.29) is 0 Å². The molecule has 9 heavy (non-hydrogen) atoms. The first-order valence-electron chi connectivity index (χ1n) is 2.61. The number of aryl methyl sites for hydroxylation is 1. The summed E-state index contributed by atoms with van der Waals surface area (Å²) in [6, 6.07) is 0. The first-order chi connectivity index (χ1) is 4.33. The van der Waals surface area contributed by atoms with Crippen LogP contribution in [0.4, 0.5) is 0 Å². The molecule has 0 aromatic carbocycles. The molecule has 3 nitrogen and oxygen atoms in total. The fourth-order valence-corrected chi connectivity index (χ4v) is 0.883. The minimum atomic E-state index is 0.638. The second kappa shape index (κ2) is 2.87. The normalized spacial score (nSPS) is 10.0. The van der Waals surface area contributed by atoms with Crippen LogP contribution in [0.15, 0.2) is 4.42 Å². The summed E-state index contributed by atoms with van der Waals surface area (Å²) in [5.41, 5.74) is 0. The Balaban J connectivity index is 2.61. The fraction of sp³-hybridized carbons (Fsp3) is 0.600. The molecule has 1 rings (SSSR count). The lowest BCUT2D eigenvalue weighted by molar-refractivity contribution is 0.485. The van der Waals surface area contributed by atoms with E-state index in [1.54, 1.807) is 18.7 Å². The van der Waals surface area contributed by atoms with Crippen molar-refractivity contribution in [2.45, 2.75) is 12.7 Å². The third kappa shape index (κ3) is 1.71. The summed E-state index contributed by atoms with van der Waals surface area (Å²) in [6.45, 7) is 1.79. The van der Waals surface area contributed by atoms with Gasteiger partial charge < -0.3 is 4.42 Å². The molecule has 4 heteroatoms. The molecule has 0 aliphatic rings. The van der Waals surface area contributed by atoms with Crippen molar-refractivity contribution >= 4 is 11.8 Å². The van der Waals surface area contributed by atoms with Crippen molar-refractivity contribution in [3.63, 3.8) is 0 Å². The SMILES string of the molecule is CSCc1nnc(C)o1. The molecule has 0 amide bonds. The molecule has 0 bridgehead atoms. The second-order valence-electron chi connectivity index (χ2n) is 1.65. The molecular weight excluding hydrogens is 136 g/mol. The van der Waals surface area contributed by atoms with Gasteiger partial charge in [-0.25, -0.2) is 0 Å². The smallest absolute Gasteiger partial charge is 0.226 e. The molecule has 0 saturated carbocycles. The molecule has 1 aromatic rings. The van der Waals surface area contributed by atoms with Crippen molar-refractivity contribution in [1.82, 2.24) is 10.2 Å². The highest BCUT2D eigenvalue weighted by Crippen LogP contribution is 2.05. The standard InChI is InChI=1S/C5H8N2OS/c1-4-6-7-5(8-4)3-9-2/h3H2,1-2H3. The number of thioether (sulfide) groups is 1. The topological polar surface area (TPSA) is 38.9 Å². The van der Waals surface area contributed by atoms with Crippen LogP contribution in [0.3, 0.4) is 0 Å². The zero-order valence-corrected chi connectivity index (χ0v) is 6.23. The monoisotopic (exact) mass is 144 g/mol. The van der Waals surface area contributed by atoms with Gasteiger partial charge in [0.15, 0.2) is 0 Å². The van der Waals surface area contributed by atoms with Gasteiger partial charge in [0.25, 0.3) is 0 Å². The molecule has 0 radical (unpaired) electrons. The highest BCUT2D eigenvalue weighted by atomic mass is 32.2. The van der Waals surface area contributed by atoms with E-state index < -0.39 is 0 Å². The molecule has 0 aliphatic heterocycles. The maximum atomic E-state index is 5.08. The average Bonchev–Trinajstić information content (AvgIpc) is 2.17. The molecule has 0 aliphatic carbocycles. The molecular formula is C5H8N2OS. The van der Waals surface area contributed by atoms with E-state index in [0.29, 0.717) is 11.8 Å². The number of hydrogen-bond donors (Lipinski definition) is 0. The summed E-state index contributed by atoms with van der Waals surface area (Å²) in [4.78, 5) is 0. The van der Waals surface area contributed by atoms with Gasteiger partial charge in [0.2, 0.25) is 11.8 Å². The van der Waals surface area contributed by atoms with Gasteiger partial charge in [-0.2, -0.15) is 11.8 Å². The Kier molecular flexibility index (Phi) is 2.10. The van der Waals surface area contributed by atoms with Crippen LogP contribution >= 0.6 is 11.8 Å². The van der Waals surface area contributed by atoms with Gasteiger partial charge >= 0.3 is 0 Å². The van der Waals surface area contributed by atoms with Crippen LogP contribution in [0.2, 0.25) is 0 Å². The summed E-state index contributed by atoms with van der Waals surface area (Å²) in [6.07, 6.45) is 2.00. The van der Waals surface area contributed by atoms with Gasteiger partial charge in [0.05, 0.1) is 5.75 Å². The van der Waals surface area contributed by atoms with Gasteiger partial charge in [-0.1, -0.05) is 0 Å². The van der Waals surface area contributed by atoms with Gasteiger partial charge in [-0.15, -0.1) is 10.2 Å². The van der Waals surface area contributed by atoms with Crippen LogP contribution in [-0.4, -0.2) is 16.5 Å². The Hall–Kier alpha value is -0.510. The maximum Gasteiger partial charge on any atom is 0.226 e. The maximum absolute atomic E-state index is 5.08. The van der Waals surface area contributed by atoms with Gasteiger partial charge in [0.1, 0.15) is 0 Å². The summed E-state index contributed by atoms with van der Waals surface area (Å²) < 4.78 is 5.08. The van der Waals surface area contributed by atoms with Crippen LogP contribution in [0.5, 0.6) is 0 Å². The minimum Gasteiger partial charge on any atom is -0.425 e. The molecule has 50 valence electrons. The lowest BCUT2D eigenvalue weighted by Gasteiger charge is -1.83. The number of hydrogen-bond acceptors (Lipinski definition) is 4. The number of rotatable bonds is 2. The Morgan fingerprint density at radius 1 is 1.56 bits per heavy atom. The third-order valence-electron chi connectivity index (χ3n) is 0.836. The lowest BCUT2D eigenvalue weighted by atomic mass is 10.8. The van der Waals surface area contributed by atoms with Gasteiger partial charge in [0, 0.05) is 6.92 Å². The van der Waals surface area contributed by atoms with E-state index in [1.807, 2.05) is 6.26 Å². The average molecular weight is 144 g/mol. The van der Waals surface area contributed by atoms with E-state index in [2.05, 4.69) is 10.2 Å². The van der Waals surface area contributed by atoms with Gasteiger partial charge in [-0.05, 0) is 6.26 Å². The number of nitrogens with zero attached hydrogens (tertiary/aromatic N) is 2. The van der Waals surface area contributed by atoms with E-state index in [9.17, 15) is 0 Å². The van der Waals surface area contributed by atoms with E-state index >= 15 is 0 Å². The third-order valence-corrected chi connectivity index (χ3v) is 1.37. The van der Waals surface area contributed by atoms with Crippen molar-refractivity contribution in [2.75, 3.05) is 6.26 Å². The van der Waals surface area contributed by atoms with Crippen LogP contribution in [-0.2, 0) is 5.75 Å². The van der Waals surface area contributed by atoms with Crippen molar-refractivity contribution in [3.8, 4) is 0 Å². The van der Waals surface area contributed by atoms with Crippen molar-refractivity contribution < 1.29 is 4.42 Å². The summed E-state index contributed by atoms with van der Waals surface area (Å²) in [5.74, 6) is 2.15. The Bertz CT molecular complexity index is 187. The van der Waals surface area contributed by atoms with E-state index in [0.717, 1.165) is 5.75 Å². The molecule has 1 heterocycles. The molecule has 0 saturated heterocycles. The largest absolute Gasteiger partial charge is 0.425 e. The predicted octanol–water partition coefficient (Wildman–Crippen LogP) is 1.24. The van der Waals surface area contributed by atoms with Crippen LogP contribution in [0.1, 0.15) is 11.8 Å². The molecule has 0 fully saturated rings. The molecule has 0 atom stereocenters. The van der Waals surface area contributed by atoms with E-state index in [4.69, 9.17) is 4.42 Å². The fourth-order valence-electron chi connectivity index (χ4n) is 0.519. The summed E-state index contributed by atoms with van der Waals surface area (Å²) in [5, 5.41) is 7.47. The van der Waals surface area contributed by atoms with Gasteiger partial charge in [-0.3, -0.25) is 0 Å². The van der Waals surface area contributed by atoms with Crippen LogP contribution in [0.25, 0.3) is 0 Å². The highest BCUT2D eigenvalue weighted by Gasteiger charge is 1.98. The first kappa shape index (κ1) is 6.61. The first-order valence-corrected chi connectivity index (χ1v) is 4.00. The van der Waals surface area contributed by atoms with Crippen LogP contribution in [0, 0.1) is 6.92 Å². The quantitative estimate of drug-likeness (QED) is 0.626. The van der Waals surface area contributed by atoms with E-state index in [1.165, 1.54) is 0 Å². The van der Waals surface area contributed by atoms with Crippen molar-refractivity contribution in [1.29, 1.82) is 0 Å². The molecule has 1 aromatic heterocycles. The minimum absolute atomic E-state index is 0.638. The van der Waals surface area contributed by atoms with Crippen molar-refractivity contribution in [2.24, 2.45) is 0 Å². The summed E-state index contributed by atoms with van der Waals surface area (Å²) >= 11 is 1.67. The zero-order chi connectivity index (χ0) is 6.69. The second-order valence-corrected chi connectivity index (χ2v) is 2.51. The highest BCUT2D eigenvalue weighted by molar-refractivity contribution is 7.97. The molecule has 0 unspecified atom stereocenters.